The summed E-state index contributed by atoms with van der Waals surface area (Å²) in [5, 5.41) is 0. The van der Waals surface area contributed by atoms with Gasteiger partial charge in [-0.05, 0) is 24.8 Å². The summed E-state index contributed by atoms with van der Waals surface area (Å²) in [6, 6.07) is 10.4. The van der Waals surface area contributed by atoms with Gasteiger partial charge in [-0.1, -0.05) is 18.2 Å². The zero-order valence-electron chi connectivity index (χ0n) is 10.7. The van der Waals surface area contributed by atoms with E-state index in [1.54, 1.807) is 0 Å². The van der Waals surface area contributed by atoms with Crippen LogP contribution in [0, 0.1) is 5.92 Å². The molecule has 1 atom stereocenters. The molecule has 0 amide bonds. The van der Waals surface area contributed by atoms with Gasteiger partial charge in [0.15, 0.2) is 0 Å². The summed E-state index contributed by atoms with van der Waals surface area (Å²) in [4.78, 5) is 13.6. The molecule has 1 aromatic carbocycles. The fourth-order valence-electron chi connectivity index (χ4n) is 2.21. The third-order valence-corrected chi connectivity index (χ3v) is 3.67. The van der Waals surface area contributed by atoms with Gasteiger partial charge in [0.1, 0.15) is 0 Å². The molecular formula is C14H19NO2S. The fourth-order valence-corrected chi connectivity index (χ4v) is 2.53. The van der Waals surface area contributed by atoms with E-state index in [9.17, 15) is 4.79 Å². The van der Waals surface area contributed by atoms with Crippen molar-refractivity contribution in [3.8, 4) is 0 Å². The summed E-state index contributed by atoms with van der Waals surface area (Å²) in [5.74, 6) is 0.825. The lowest BCUT2D eigenvalue weighted by Crippen LogP contribution is -2.22. The summed E-state index contributed by atoms with van der Waals surface area (Å²) in [7, 11) is 0. The Morgan fingerprint density at radius 2 is 2.22 bits per heavy atom. The van der Waals surface area contributed by atoms with E-state index < -0.39 is 0 Å². The zero-order chi connectivity index (χ0) is 12.8. The third-order valence-electron chi connectivity index (χ3n) is 3.15. The fraction of sp³-hybridized carbons (Fsp3) is 0.500. The number of carbonyl (C=O) groups excluding carboxylic acids is 1. The number of para-hydroxylation sites is 1. The van der Waals surface area contributed by atoms with Crippen LogP contribution in [0.4, 0.5) is 5.69 Å². The summed E-state index contributed by atoms with van der Waals surface area (Å²) in [6.07, 6.45) is 3.01. The second-order valence-electron chi connectivity index (χ2n) is 4.55. The molecule has 0 spiro atoms. The maximum atomic E-state index is 11.3. The Bertz CT molecular complexity index is 383. The molecule has 4 heteroatoms. The van der Waals surface area contributed by atoms with E-state index in [-0.39, 0.29) is 5.97 Å². The second-order valence-corrected chi connectivity index (χ2v) is 5.42. The van der Waals surface area contributed by atoms with E-state index in [1.807, 2.05) is 12.3 Å². The first-order valence-corrected chi connectivity index (χ1v) is 7.63. The lowest BCUT2D eigenvalue weighted by atomic mass is 10.1. The normalized spacial score (nSPS) is 18.9. The molecule has 0 radical (unpaired) electrons. The Morgan fingerprint density at radius 1 is 1.44 bits per heavy atom. The van der Waals surface area contributed by atoms with Crippen molar-refractivity contribution in [2.24, 2.45) is 5.92 Å². The number of ether oxygens (including phenoxy) is 1. The molecule has 98 valence electrons. The van der Waals surface area contributed by atoms with E-state index in [0.29, 0.717) is 18.3 Å². The van der Waals surface area contributed by atoms with Crippen molar-refractivity contribution >= 4 is 23.4 Å². The van der Waals surface area contributed by atoms with Crippen LogP contribution >= 0.6 is 11.8 Å². The molecule has 1 fully saturated rings. The molecule has 18 heavy (non-hydrogen) atoms. The van der Waals surface area contributed by atoms with Crippen LogP contribution in [0.1, 0.15) is 6.42 Å². The Balaban J connectivity index is 1.77. The second kappa shape index (κ2) is 6.69. The van der Waals surface area contributed by atoms with Gasteiger partial charge < -0.3 is 9.64 Å². The molecule has 1 aliphatic rings. The molecule has 1 unspecified atom stereocenters. The average Bonchev–Trinajstić information content (AvgIpc) is 2.87. The van der Waals surface area contributed by atoms with Gasteiger partial charge >= 0.3 is 5.97 Å². The highest BCUT2D eigenvalue weighted by Crippen LogP contribution is 2.23. The zero-order valence-corrected chi connectivity index (χ0v) is 11.5. The van der Waals surface area contributed by atoms with Crippen LogP contribution in [0.2, 0.25) is 0 Å². The maximum absolute atomic E-state index is 11.3. The SMILES string of the molecule is CSCC(=O)OCC1CCN(c2ccccc2)C1. The highest BCUT2D eigenvalue weighted by Gasteiger charge is 2.23. The molecule has 1 aliphatic heterocycles. The van der Waals surface area contributed by atoms with Crippen molar-refractivity contribution in [1.29, 1.82) is 0 Å². The Morgan fingerprint density at radius 3 is 2.94 bits per heavy atom. The number of esters is 1. The van der Waals surface area contributed by atoms with Crippen LogP contribution < -0.4 is 4.90 Å². The molecule has 3 nitrogen and oxygen atoms in total. The first-order chi connectivity index (χ1) is 8.79. The number of thioether (sulfide) groups is 1. The van der Waals surface area contributed by atoms with Crippen molar-refractivity contribution in [3.05, 3.63) is 30.3 Å². The lowest BCUT2D eigenvalue weighted by Gasteiger charge is -2.18. The van der Waals surface area contributed by atoms with Crippen LogP contribution in [0.5, 0.6) is 0 Å². The molecule has 0 saturated carbocycles. The molecule has 1 aromatic rings. The predicted octanol–water partition coefficient (Wildman–Crippen LogP) is 2.42. The number of benzene rings is 1. The van der Waals surface area contributed by atoms with E-state index in [2.05, 4.69) is 29.2 Å². The van der Waals surface area contributed by atoms with E-state index in [0.717, 1.165) is 19.5 Å². The average molecular weight is 265 g/mol. The molecule has 1 saturated heterocycles. The van der Waals surface area contributed by atoms with Crippen molar-refractivity contribution in [2.75, 3.05) is 36.6 Å². The largest absolute Gasteiger partial charge is 0.465 e. The van der Waals surface area contributed by atoms with Crippen molar-refractivity contribution in [2.45, 2.75) is 6.42 Å². The summed E-state index contributed by atoms with van der Waals surface area (Å²) in [5.41, 5.74) is 1.26. The van der Waals surface area contributed by atoms with Crippen LogP contribution in [0.15, 0.2) is 30.3 Å². The minimum atomic E-state index is -0.0966. The van der Waals surface area contributed by atoms with Crippen LogP contribution in [0.3, 0.4) is 0 Å². The van der Waals surface area contributed by atoms with Crippen molar-refractivity contribution in [1.82, 2.24) is 0 Å². The standard InChI is InChI=1S/C14H19NO2S/c1-18-11-14(16)17-10-12-7-8-15(9-12)13-5-3-2-4-6-13/h2-6,12H,7-11H2,1H3. The smallest absolute Gasteiger partial charge is 0.315 e. The number of carbonyl (C=O) groups is 1. The predicted molar refractivity (Wildman–Crippen MR) is 76.1 cm³/mol. The molecular weight excluding hydrogens is 246 g/mol. The van der Waals surface area contributed by atoms with E-state index in [4.69, 9.17) is 4.74 Å². The molecule has 0 N–H and O–H groups in total. The molecule has 0 aromatic heterocycles. The van der Waals surface area contributed by atoms with Crippen molar-refractivity contribution in [3.63, 3.8) is 0 Å². The maximum Gasteiger partial charge on any atom is 0.315 e. The first-order valence-electron chi connectivity index (χ1n) is 6.24. The van der Waals surface area contributed by atoms with Gasteiger partial charge in [0.05, 0.1) is 12.4 Å². The molecule has 1 heterocycles. The van der Waals surface area contributed by atoms with Crippen LogP contribution in [-0.2, 0) is 9.53 Å². The molecule has 0 bridgehead atoms. The summed E-state index contributed by atoms with van der Waals surface area (Å²) < 4.78 is 5.26. The first kappa shape index (κ1) is 13.3. The lowest BCUT2D eigenvalue weighted by molar-refractivity contribution is -0.141. The summed E-state index contributed by atoms with van der Waals surface area (Å²) >= 11 is 1.50. The van der Waals surface area contributed by atoms with E-state index in [1.165, 1.54) is 17.4 Å². The van der Waals surface area contributed by atoms with Gasteiger partial charge in [-0.25, -0.2) is 0 Å². The van der Waals surface area contributed by atoms with E-state index >= 15 is 0 Å². The Hall–Kier alpha value is -1.16. The summed E-state index contributed by atoms with van der Waals surface area (Å²) in [6.45, 7) is 2.59. The molecule has 2 rings (SSSR count). The van der Waals surface area contributed by atoms with Crippen LogP contribution in [0.25, 0.3) is 0 Å². The minimum Gasteiger partial charge on any atom is -0.465 e. The van der Waals surface area contributed by atoms with Crippen LogP contribution in [-0.4, -0.2) is 37.7 Å². The van der Waals surface area contributed by atoms with Gasteiger partial charge in [-0.2, -0.15) is 11.8 Å². The van der Waals surface area contributed by atoms with Gasteiger partial charge in [0, 0.05) is 24.7 Å². The third kappa shape index (κ3) is 3.67. The Labute approximate surface area is 113 Å². The topological polar surface area (TPSA) is 29.5 Å². The van der Waals surface area contributed by atoms with Gasteiger partial charge in [-0.15, -0.1) is 0 Å². The highest BCUT2D eigenvalue weighted by atomic mass is 32.2. The monoisotopic (exact) mass is 265 g/mol. The minimum absolute atomic E-state index is 0.0966. The Kier molecular flexibility index (Phi) is 4.93. The quantitative estimate of drug-likeness (QED) is 0.765. The number of nitrogens with zero attached hydrogens (tertiary/aromatic N) is 1. The van der Waals surface area contributed by atoms with Crippen molar-refractivity contribution < 1.29 is 9.53 Å². The van der Waals surface area contributed by atoms with Gasteiger partial charge in [0.2, 0.25) is 0 Å². The number of anilines is 1. The number of hydrogen-bond donors (Lipinski definition) is 0. The molecule has 0 aliphatic carbocycles. The van der Waals surface area contributed by atoms with Gasteiger partial charge in [0.25, 0.3) is 0 Å². The highest BCUT2D eigenvalue weighted by molar-refractivity contribution is 7.99. The van der Waals surface area contributed by atoms with Gasteiger partial charge in [-0.3, -0.25) is 4.79 Å². The number of hydrogen-bond acceptors (Lipinski definition) is 4. The number of rotatable bonds is 5.